The molecule has 0 aliphatic rings. The highest BCUT2D eigenvalue weighted by Crippen LogP contribution is 2.25. The monoisotopic (exact) mass is 470 g/mol. The Balaban J connectivity index is 1.99. The van der Waals surface area contributed by atoms with Crippen molar-refractivity contribution in [3.63, 3.8) is 0 Å². The number of carbonyl (C=O) groups is 1. The highest BCUT2D eigenvalue weighted by Gasteiger charge is 2.22. The Morgan fingerprint density at radius 1 is 1.11 bits per heavy atom. The molecule has 2 rings (SSSR count). The molecule has 0 unspecified atom stereocenters. The van der Waals surface area contributed by atoms with E-state index in [1.807, 2.05) is 0 Å². The van der Waals surface area contributed by atoms with Gasteiger partial charge in [-0.15, -0.1) is 11.8 Å². The first-order chi connectivity index (χ1) is 12.6. The van der Waals surface area contributed by atoms with E-state index >= 15 is 0 Å². The summed E-state index contributed by atoms with van der Waals surface area (Å²) in [5.74, 6) is 0.437. The minimum absolute atomic E-state index is 0.0738. The van der Waals surface area contributed by atoms with Crippen molar-refractivity contribution >= 4 is 43.6 Å². The van der Waals surface area contributed by atoms with Crippen LogP contribution in [0.4, 0.5) is 0 Å². The van der Waals surface area contributed by atoms with Crippen molar-refractivity contribution in [2.45, 2.75) is 23.6 Å². The number of nitrogens with zero attached hydrogens (tertiary/aromatic N) is 1. The van der Waals surface area contributed by atoms with Gasteiger partial charge in [-0.25, -0.2) is 12.7 Å². The number of sulfonamides is 1. The van der Waals surface area contributed by atoms with Crippen LogP contribution >= 0.6 is 27.7 Å². The quantitative estimate of drug-likeness (QED) is 0.492. The number of nitrogens with one attached hydrogen (secondary N) is 1. The molecule has 0 spiro atoms. The molecule has 0 heterocycles. The molecule has 2 aromatic rings. The summed E-state index contributed by atoms with van der Waals surface area (Å²) in [4.78, 5) is 13.6. The Morgan fingerprint density at radius 3 is 2.44 bits per heavy atom. The molecule has 0 radical (unpaired) electrons. The summed E-state index contributed by atoms with van der Waals surface area (Å²) >= 11 is 4.91. The molecule has 0 saturated heterocycles. The summed E-state index contributed by atoms with van der Waals surface area (Å²) in [6.45, 7) is 4.64. The van der Waals surface area contributed by atoms with E-state index in [0.29, 0.717) is 16.6 Å². The molecular formula is C19H23BrN2O3S2. The van der Waals surface area contributed by atoms with Gasteiger partial charge in [-0.1, -0.05) is 6.07 Å². The molecule has 5 nitrogen and oxygen atoms in total. The smallest absolute Gasteiger partial charge is 0.251 e. The molecule has 0 fully saturated rings. The number of hydrogen-bond acceptors (Lipinski definition) is 4. The van der Waals surface area contributed by atoms with Gasteiger partial charge in [-0.2, -0.15) is 0 Å². The number of hydrogen-bond donors (Lipinski definition) is 1. The maximum atomic E-state index is 12.4. The van der Waals surface area contributed by atoms with Crippen molar-refractivity contribution in [1.29, 1.82) is 0 Å². The van der Waals surface area contributed by atoms with E-state index in [-0.39, 0.29) is 10.8 Å². The summed E-state index contributed by atoms with van der Waals surface area (Å²) in [5, 5.41) is 2.84. The lowest BCUT2D eigenvalue weighted by atomic mass is 10.1. The first kappa shape index (κ1) is 21.9. The molecule has 0 aliphatic heterocycles. The van der Waals surface area contributed by atoms with Gasteiger partial charge in [-0.05, 0) is 71.2 Å². The number of aryl methyl sites for hydroxylation is 2. The van der Waals surface area contributed by atoms with Crippen molar-refractivity contribution in [3.05, 3.63) is 57.6 Å². The third kappa shape index (κ3) is 5.57. The van der Waals surface area contributed by atoms with Crippen LogP contribution in [0.1, 0.15) is 21.5 Å². The van der Waals surface area contributed by atoms with Gasteiger partial charge < -0.3 is 5.32 Å². The fourth-order valence-corrected chi connectivity index (χ4v) is 4.99. The van der Waals surface area contributed by atoms with Crippen molar-refractivity contribution < 1.29 is 13.2 Å². The second-order valence-corrected chi connectivity index (χ2v) is 10.4. The number of carbonyl (C=O) groups excluding carboxylic acids is 1. The highest BCUT2D eigenvalue weighted by molar-refractivity contribution is 9.10. The summed E-state index contributed by atoms with van der Waals surface area (Å²) in [5.41, 5.74) is 2.81. The normalized spacial score (nSPS) is 11.6. The highest BCUT2D eigenvalue weighted by atomic mass is 79.9. The van der Waals surface area contributed by atoms with Crippen LogP contribution in [0.3, 0.4) is 0 Å². The average molecular weight is 471 g/mol. The second kappa shape index (κ2) is 9.23. The molecule has 2 aromatic carbocycles. The molecule has 146 valence electrons. The maximum absolute atomic E-state index is 12.4. The minimum Gasteiger partial charge on any atom is -0.351 e. The van der Waals surface area contributed by atoms with Crippen LogP contribution in [0.25, 0.3) is 0 Å². The lowest BCUT2D eigenvalue weighted by Gasteiger charge is -2.14. The largest absolute Gasteiger partial charge is 0.351 e. The number of halogens is 1. The van der Waals surface area contributed by atoms with Crippen molar-refractivity contribution in [3.8, 4) is 0 Å². The molecule has 1 N–H and O–H groups in total. The van der Waals surface area contributed by atoms with Crippen LogP contribution < -0.4 is 5.32 Å². The lowest BCUT2D eigenvalue weighted by molar-refractivity contribution is 0.0956. The zero-order valence-electron chi connectivity index (χ0n) is 15.7. The number of benzene rings is 2. The summed E-state index contributed by atoms with van der Waals surface area (Å²) in [6, 6.07) is 10.9. The first-order valence-corrected chi connectivity index (χ1v) is 11.5. The van der Waals surface area contributed by atoms with E-state index in [1.165, 1.54) is 31.3 Å². The molecule has 8 heteroatoms. The standard InChI is InChI=1S/C19H23BrN2O3S2/c1-13-5-7-16(11-14(13)2)26-10-9-21-19(23)15-6-8-17(20)18(12-15)27(24,25)22(3)4/h5-8,11-12H,9-10H2,1-4H3,(H,21,23). The number of amides is 1. The summed E-state index contributed by atoms with van der Waals surface area (Å²) in [7, 11) is -0.716. The summed E-state index contributed by atoms with van der Waals surface area (Å²) < 4.78 is 26.3. The van der Waals surface area contributed by atoms with Gasteiger partial charge in [0.1, 0.15) is 0 Å². The van der Waals surface area contributed by atoms with E-state index in [9.17, 15) is 13.2 Å². The molecule has 27 heavy (non-hydrogen) atoms. The number of rotatable bonds is 7. The third-order valence-corrected chi connectivity index (χ3v) is 7.89. The van der Waals surface area contributed by atoms with Gasteiger partial charge >= 0.3 is 0 Å². The Bertz CT molecular complexity index is 944. The summed E-state index contributed by atoms with van der Waals surface area (Å²) in [6.07, 6.45) is 0. The average Bonchev–Trinajstić information content (AvgIpc) is 2.61. The van der Waals surface area contributed by atoms with Crippen molar-refractivity contribution in [1.82, 2.24) is 9.62 Å². The van der Waals surface area contributed by atoms with E-state index in [1.54, 1.807) is 23.9 Å². The Kier molecular flexibility index (Phi) is 7.50. The van der Waals surface area contributed by atoms with Crippen LogP contribution in [0.5, 0.6) is 0 Å². The van der Waals surface area contributed by atoms with Crippen molar-refractivity contribution in [2.24, 2.45) is 0 Å². The first-order valence-electron chi connectivity index (χ1n) is 8.33. The maximum Gasteiger partial charge on any atom is 0.251 e. The van der Waals surface area contributed by atoms with Gasteiger partial charge in [-0.3, -0.25) is 4.79 Å². The topological polar surface area (TPSA) is 66.5 Å². The Labute approximate surface area is 173 Å². The molecule has 0 aliphatic carbocycles. The molecule has 0 saturated carbocycles. The zero-order chi connectivity index (χ0) is 20.2. The molecule has 0 aromatic heterocycles. The van der Waals surface area contributed by atoms with E-state index in [4.69, 9.17) is 0 Å². The van der Waals surface area contributed by atoms with Gasteiger partial charge in [0, 0.05) is 41.3 Å². The zero-order valence-corrected chi connectivity index (χ0v) is 19.0. The second-order valence-electron chi connectivity index (χ2n) is 6.28. The van der Waals surface area contributed by atoms with Gasteiger partial charge in [0.05, 0.1) is 4.90 Å². The van der Waals surface area contributed by atoms with Crippen LogP contribution in [-0.2, 0) is 10.0 Å². The van der Waals surface area contributed by atoms with Gasteiger partial charge in [0.15, 0.2) is 0 Å². The van der Waals surface area contributed by atoms with Crippen LogP contribution in [0.15, 0.2) is 50.7 Å². The molecule has 0 bridgehead atoms. The van der Waals surface area contributed by atoms with Gasteiger partial charge in [0.25, 0.3) is 5.91 Å². The number of thioether (sulfide) groups is 1. The van der Waals surface area contributed by atoms with Crippen LogP contribution in [-0.4, -0.2) is 45.0 Å². The SMILES string of the molecule is Cc1ccc(SCCNC(=O)c2ccc(Br)c(S(=O)(=O)N(C)C)c2)cc1C. The molecule has 0 atom stereocenters. The fraction of sp³-hybridized carbons (Fsp3) is 0.316. The fourth-order valence-electron chi connectivity index (χ4n) is 2.28. The Morgan fingerprint density at radius 2 is 1.81 bits per heavy atom. The van der Waals surface area contributed by atoms with Crippen LogP contribution in [0.2, 0.25) is 0 Å². The van der Waals surface area contributed by atoms with E-state index in [2.05, 4.69) is 53.3 Å². The predicted molar refractivity (Wildman–Crippen MR) is 114 cm³/mol. The molecule has 1 amide bonds. The third-order valence-electron chi connectivity index (χ3n) is 4.09. The lowest BCUT2D eigenvalue weighted by Crippen LogP contribution is -2.27. The van der Waals surface area contributed by atoms with Crippen molar-refractivity contribution in [2.75, 3.05) is 26.4 Å². The predicted octanol–water partition coefficient (Wildman–Crippen LogP) is 3.84. The van der Waals surface area contributed by atoms with Gasteiger partial charge in [0.2, 0.25) is 10.0 Å². The van der Waals surface area contributed by atoms with Crippen LogP contribution in [0, 0.1) is 13.8 Å². The van der Waals surface area contributed by atoms with E-state index < -0.39 is 10.0 Å². The molecular weight excluding hydrogens is 448 g/mol. The minimum atomic E-state index is -3.63. The Hall–Kier alpha value is -1.35. The van der Waals surface area contributed by atoms with E-state index in [0.717, 1.165) is 15.0 Å².